The third-order valence-electron chi connectivity index (χ3n) is 3.47. The van der Waals surface area contributed by atoms with E-state index in [1.165, 1.54) is 10.0 Å². The number of nitrogens with zero attached hydrogens (tertiary/aromatic N) is 2. The van der Waals surface area contributed by atoms with Gasteiger partial charge < -0.3 is 0 Å². The van der Waals surface area contributed by atoms with Crippen molar-refractivity contribution >= 4 is 11.8 Å². The molecule has 0 aliphatic carbocycles. The Bertz CT molecular complexity index is 654. The number of hydrogen-bond acceptors (Lipinski definition) is 2. The fraction of sp³-hybridized carbons (Fsp3) is 0.263. The minimum atomic E-state index is -0.199. The molecule has 0 saturated carbocycles. The van der Waals surface area contributed by atoms with Gasteiger partial charge in [-0.15, -0.1) is 0 Å². The molecule has 2 aromatic carbocycles. The fourth-order valence-corrected chi connectivity index (χ4v) is 2.29. The summed E-state index contributed by atoms with van der Waals surface area (Å²) in [6.07, 6.45) is 0. The second-order valence-corrected chi connectivity index (χ2v) is 5.84. The van der Waals surface area contributed by atoms with Gasteiger partial charge in [-0.1, -0.05) is 50.2 Å². The molecule has 0 aliphatic heterocycles. The first-order valence-electron chi connectivity index (χ1n) is 7.70. The molecule has 2 amide bonds. The topological polar surface area (TPSA) is 40.6 Å². The molecular formula is C19H22N2O2. The van der Waals surface area contributed by atoms with E-state index in [0.29, 0.717) is 17.7 Å². The van der Waals surface area contributed by atoms with E-state index >= 15 is 0 Å². The molecule has 0 bridgehead atoms. The summed E-state index contributed by atoms with van der Waals surface area (Å²) in [4.78, 5) is 25.4. The van der Waals surface area contributed by atoms with Crippen LogP contribution in [-0.4, -0.2) is 35.4 Å². The molecule has 4 heteroatoms. The van der Waals surface area contributed by atoms with E-state index < -0.39 is 0 Å². The van der Waals surface area contributed by atoms with E-state index in [1.807, 2.05) is 50.2 Å². The molecule has 0 aliphatic rings. The molecule has 0 radical (unpaired) electrons. The van der Waals surface area contributed by atoms with Gasteiger partial charge in [0.05, 0.1) is 0 Å². The molecule has 4 nitrogen and oxygen atoms in total. The van der Waals surface area contributed by atoms with Crippen LogP contribution in [0.15, 0.2) is 60.7 Å². The molecule has 23 heavy (non-hydrogen) atoms. The zero-order chi connectivity index (χ0) is 16.8. The van der Waals surface area contributed by atoms with Gasteiger partial charge in [0, 0.05) is 24.7 Å². The summed E-state index contributed by atoms with van der Waals surface area (Å²) in [5.74, 6) is -0.129. The second-order valence-electron chi connectivity index (χ2n) is 5.84. The van der Waals surface area contributed by atoms with Crippen molar-refractivity contribution in [3.63, 3.8) is 0 Å². The average Bonchev–Trinajstić information content (AvgIpc) is 2.59. The highest BCUT2D eigenvalue weighted by Gasteiger charge is 2.25. The van der Waals surface area contributed by atoms with Crippen LogP contribution in [0, 0.1) is 5.92 Å². The van der Waals surface area contributed by atoms with Gasteiger partial charge in [-0.2, -0.15) is 0 Å². The maximum atomic E-state index is 12.8. The third kappa shape index (κ3) is 4.19. The van der Waals surface area contributed by atoms with Crippen LogP contribution in [0.5, 0.6) is 0 Å². The van der Waals surface area contributed by atoms with Gasteiger partial charge >= 0.3 is 0 Å². The Morgan fingerprint density at radius 1 is 0.826 bits per heavy atom. The highest BCUT2D eigenvalue weighted by atomic mass is 16.2. The molecule has 0 unspecified atom stereocenters. The van der Waals surface area contributed by atoms with E-state index in [4.69, 9.17) is 0 Å². The smallest absolute Gasteiger partial charge is 0.267 e. The zero-order valence-electron chi connectivity index (χ0n) is 13.8. The Balaban J connectivity index is 2.27. The number of benzene rings is 2. The zero-order valence-corrected chi connectivity index (χ0v) is 13.8. The Labute approximate surface area is 137 Å². The summed E-state index contributed by atoms with van der Waals surface area (Å²) < 4.78 is 0. The van der Waals surface area contributed by atoms with Crippen molar-refractivity contribution in [3.05, 3.63) is 71.8 Å². The fourth-order valence-electron chi connectivity index (χ4n) is 2.29. The number of hydrazine groups is 1. The van der Waals surface area contributed by atoms with Crippen LogP contribution >= 0.6 is 0 Å². The first-order chi connectivity index (χ1) is 11.0. The first-order valence-corrected chi connectivity index (χ1v) is 7.70. The van der Waals surface area contributed by atoms with Crippen molar-refractivity contribution in [3.8, 4) is 0 Å². The molecule has 0 heterocycles. The van der Waals surface area contributed by atoms with Gasteiger partial charge in [0.1, 0.15) is 0 Å². The molecule has 0 saturated heterocycles. The maximum absolute atomic E-state index is 12.8. The number of carbonyl (C=O) groups is 2. The van der Waals surface area contributed by atoms with Gasteiger partial charge in [0.15, 0.2) is 0 Å². The van der Waals surface area contributed by atoms with E-state index in [9.17, 15) is 9.59 Å². The lowest BCUT2D eigenvalue weighted by Crippen LogP contribution is -2.49. The van der Waals surface area contributed by atoms with Crippen molar-refractivity contribution in [2.75, 3.05) is 13.6 Å². The van der Waals surface area contributed by atoms with Gasteiger partial charge in [-0.05, 0) is 30.2 Å². The molecule has 0 atom stereocenters. The predicted octanol–water partition coefficient (Wildman–Crippen LogP) is 3.47. The first kappa shape index (κ1) is 16.7. The summed E-state index contributed by atoms with van der Waals surface area (Å²) in [6.45, 7) is 4.51. The van der Waals surface area contributed by atoms with Gasteiger partial charge in [-0.3, -0.25) is 14.6 Å². The lowest BCUT2D eigenvalue weighted by Gasteiger charge is -2.33. The summed E-state index contributed by atoms with van der Waals surface area (Å²) >= 11 is 0. The van der Waals surface area contributed by atoms with Crippen molar-refractivity contribution in [1.82, 2.24) is 10.0 Å². The number of amides is 2. The summed E-state index contributed by atoms with van der Waals surface area (Å²) in [5, 5.41) is 2.92. The predicted molar refractivity (Wildman–Crippen MR) is 90.9 cm³/mol. The maximum Gasteiger partial charge on any atom is 0.272 e. The van der Waals surface area contributed by atoms with Gasteiger partial charge in [-0.25, -0.2) is 5.01 Å². The van der Waals surface area contributed by atoms with Crippen LogP contribution in [0.2, 0.25) is 0 Å². The average molecular weight is 310 g/mol. The summed E-state index contributed by atoms with van der Waals surface area (Å²) in [5.41, 5.74) is 1.13. The molecule has 0 N–H and O–H groups in total. The molecule has 0 spiro atoms. The van der Waals surface area contributed by atoms with Crippen molar-refractivity contribution in [2.24, 2.45) is 5.92 Å². The largest absolute Gasteiger partial charge is 0.272 e. The van der Waals surface area contributed by atoms with Crippen LogP contribution in [0.3, 0.4) is 0 Å². The van der Waals surface area contributed by atoms with Crippen LogP contribution < -0.4 is 0 Å². The summed E-state index contributed by atoms with van der Waals surface area (Å²) in [6, 6.07) is 18.0. The lowest BCUT2D eigenvalue weighted by atomic mass is 10.1. The Kier molecular flexibility index (Phi) is 5.52. The monoisotopic (exact) mass is 310 g/mol. The lowest BCUT2D eigenvalue weighted by molar-refractivity contribution is 0.00343. The SMILES string of the molecule is CC(C)CN(C(=O)c1ccccc1)N(C)C(=O)c1ccccc1. The molecule has 0 fully saturated rings. The number of carbonyl (C=O) groups excluding carboxylic acids is 2. The Morgan fingerprint density at radius 2 is 1.26 bits per heavy atom. The van der Waals surface area contributed by atoms with E-state index in [1.54, 1.807) is 31.3 Å². The van der Waals surface area contributed by atoms with Crippen LogP contribution in [0.1, 0.15) is 34.6 Å². The quantitative estimate of drug-likeness (QED) is 0.811. The molecule has 2 rings (SSSR count). The Morgan fingerprint density at radius 3 is 1.70 bits per heavy atom. The second kappa shape index (κ2) is 7.58. The van der Waals surface area contributed by atoms with Gasteiger partial charge in [0.25, 0.3) is 11.8 Å². The van der Waals surface area contributed by atoms with Crippen LogP contribution in [0.4, 0.5) is 0 Å². The highest BCUT2D eigenvalue weighted by molar-refractivity contribution is 5.99. The summed E-state index contributed by atoms with van der Waals surface area (Å²) in [7, 11) is 1.64. The molecule has 120 valence electrons. The molecule has 2 aromatic rings. The van der Waals surface area contributed by atoms with E-state index in [-0.39, 0.29) is 17.7 Å². The van der Waals surface area contributed by atoms with Crippen molar-refractivity contribution in [2.45, 2.75) is 13.8 Å². The third-order valence-corrected chi connectivity index (χ3v) is 3.47. The van der Waals surface area contributed by atoms with Crippen molar-refractivity contribution in [1.29, 1.82) is 0 Å². The number of hydrogen-bond donors (Lipinski definition) is 0. The van der Waals surface area contributed by atoms with Gasteiger partial charge in [0.2, 0.25) is 0 Å². The standard InChI is InChI=1S/C19H22N2O2/c1-15(2)14-21(19(23)17-12-8-5-9-13-17)20(3)18(22)16-10-6-4-7-11-16/h4-13,15H,14H2,1-3H3. The van der Waals surface area contributed by atoms with Crippen molar-refractivity contribution < 1.29 is 9.59 Å². The highest BCUT2D eigenvalue weighted by Crippen LogP contribution is 2.13. The normalized spacial score (nSPS) is 10.4. The minimum Gasteiger partial charge on any atom is -0.267 e. The minimum absolute atomic E-state index is 0.175. The van der Waals surface area contributed by atoms with E-state index in [0.717, 1.165) is 0 Å². The number of rotatable bonds is 4. The van der Waals surface area contributed by atoms with Crippen LogP contribution in [-0.2, 0) is 0 Å². The van der Waals surface area contributed by atoms with Crippen LogP contribution in [0.25, 0.3) is 0 Å². The molecule has 0 aromatic heterocycles. The van der Waals surface area contributed by atoms with E-state index in [2.05, 4.69) is 0 Å². The Hall–Kier alpha value is -2.62. The molecular weight excluding hydrogens is 288 g/mol.